The van der Waals surface area contributed by atoms with Crippen molar-refractivity contribution < 1.29 is 28.7 Å². The van der Waals surface area contributed by atoms with Gasteiger partial charge in [-0.2, -0.15) is 0 Å². The maximum atomic E-state index is 12.8. The molecule has 0 aromatic heterocycles. The summed E-state index contributed by atoms with van der Waals surface area (Å²) in [5.41, 5.74) is -0.853. The minimum Gasteiger partial charge on any atom is -0.454 e. The van der Waals surface area contributed by atoms with Crippen molar-refractivity contribution in [2.45, 2.75) is 31.3 Å². The van der Waals surface area contributed by atoms with E-state index in [1.54, 1.807) is 25.1 Å². The molecule has 2 heterocycles. The Morgan fingerprint density at radius 2 is 2.00 bits per heavy atom. The summed E-state index contributed by atoms with van der Waals surface area (Å²) >= 11 is 0. The summed E-state index contributed by atoms with van der Waals surface area (Å²) in [5, 5.41) is 7.32. The van der Waals surface area contributed by atoms with Crippen LogP contribution in [-0.2, 0) is 15.1 Å². The highest BCUT2D eigenvalue weighted by molar-refractivity contribution is 6.10. The second kappa shape index (κ2) is 6.15. The van der Waals surface area contributed by atoms with Gasteiger partial charge in [0, 0.05) is 6.04 Å². The van der Waals surface area contributed by atoms with Gasteiger partial charge in [0.15, 0.2) is 11.5 Å². The van der Waals surface area contributed by atoms with E-state index in [-0.39, 0.29) is 12.8 Å². The summed E-state index contributed by atoms with van der Waals surface area (Å²) in [5.74, 6) is -0.309. The number of benzene rings is 1. The second-order valence-electron chi connectivity index (χ2n) is 6.81. The van der Waals surface area contributed by atoms with E-state index in [1.807, 2.05) is 0 Å². The van der Waals surface area contributed by atoms with E-state index in [0.717, 1.165) is 17.7 Å². The Morgan fingerprint density at radius 1 is 1.26 bits per heavy atom. The summed E-state index contributed by atoms with van der Waals surface area (Å²) in [6.07, 6.45) is 1.75. The van der Waals surface area contributed by atoms with Gasteiger partial charge in [-0.15, -0.1) is 0 Å². The van der Waals surface area contributed by atoms with Crippen LogP contribution < -0.4 is 25.4 Å². The summed E-state index contributed by atoms with van der Waals surface area (Å²) in [6, 6.07) is 3.67. The zero-order valence-electron chi connectivity index (χ0n) is 14.5. The summed E-state index contributed by atoms with van der Waals surface area (Å²) in [6.45, 7) is 1.08. The van der Waals surface area contributed by atoms with Crippen LogP contribution in [0, 0.1) is 0 Å². The molecular formula is C17H18N4O6. The molecule has 27 heavy (non-hydrogen) atoms. The average Bonchev–Trinajstić information content (AvgIpc) is 3.25. The molecule has 10 nitrogen and oxygen atoms in total. The Labute approximate surface area is 154 Å². The zero-order valence-corrected chi connectivity index (χ0v) is 14.5. The van der Waals surface area contributed by atoms with Crippen molar-refractivity contribution in [2.24, 2.45) is 0 Å². The molecule has 2 fully saturated rings. The number of amides is 6. The fraction of sp³-hybridized carbons (Fsp3) is 0.412. The highest BCUT2D eigenvalue weighted by Crippen LogP contribution is 2.37. The van der Waals surface area contributed by atoms with Gasteiger partial charge < -0.3 is 20.1 Å². The molecule has 10 heteroatoms. The molecule has 0 spiro atoms. The van der Waals surface area contributed by atoms with Crippen LogP contribution in [0.3, 0.4) is 0 Å². The minimum absolute atomic E-state index is 0.0869. The van der Waals surface area contributed by atoms with E-state index < -0.39 is 36.0 Å². The lowest BCUT2D eigenvalue weighted by molar-refractivity contribution is -0.134. The number of nitrogens with zero attached hydrogens (tertiary/aromatic N) is 1. The predicted octanol–water partition coefficient (Wildman–Crippen LogP) is 0.170. The fourth-order valence-electron chi connectivity index (χ4n) is 3.00. The summed E-state index contributed by atoms with van der Waals surface area (Å²) in [4.78, 5) is 49.5. The van der Waals surface area contributed by atoms with Gasteiger partial charge in [-0.3, -0.25) is 19.8 Å². The van der Waals surface area contributed by atoms with Crippen LogP contribution in [-0.4, -0.2) is 48.2 Å². The number of rotatable bonds is 4. The van der Waals surface area contributed by atoms with Crippen molar-refractivity contribution >= 4 is 23.9 Å². The smallest absolute Gasteiger partial charge is 0.325 e. The normalized spacial score (nSPS) is 23.2. The van der Waals surface area contributed by atoms with Crippen molar-refractivity contribution in [3.8, 4) is 11.5 Å². The standard InChI is InChI=1S/C17H18N4O6/c1-17(9-2-5-11-12(6-9)27-8-26-11)14(23)21(16(25)20-17)7-13(22)19-15(24)18-10-3-4-10/h2,5-6,10H,3-4,7-8H2,1H3,(H,20,25)(H2,18,19,22,24)/t17-/m0/s1. The quantitative estimate of drug-likeness (QED) is 0.645. The lowest BCUT2D eigenvalue weighted by atomic mass is 9.91. The number of hydrogen-bond acceptors (Lipinski definition) is 6. The molecule has 3 N–H and O–H groups in total. The van der Waals surface area contributed by atoms with Crippen LogP contribution in [0.5, 0.6) is 11.5 Å². The van der Waals surface area contributed by atoms with Gasteiger partial charge in [-0.05, 0) is 37.5 Å². The van der Waals surface area contributed by atoms with Crippen molar-refractivity contribution in [2.75, 3.05) is 13.3 Å². The van der Waals surface area contributed by atoms with Crippen LogP contribution >= 0.6 is 0 Å². The van der Waals surface area contributed by atoms with Gasteiger partial charge in [-0.25, -0.2) is 9.59 Å². The zero-order chi connectivity index (χ0) is 19.2. The number of hydrogen-bond donors (Lipinski definition) is 3. The Hall–Kier alpha value is -3.30. The number of ether oxygens (including phenoxy) is 2. The Bertz CT molecular complexity index is 852. The molecule has 1 atom stereocenters. The first-order valence-corrected chi connectivity index (χ1v) is 8.51. The van der Waals surface area contributed by atoms with Gasteiger partial charge >= 0.3 is 12.1 Å². The largest absolute Gasteiger partial charge is 0.454 e. The predicted molar refractivity (Wildman–Crippen MR) is 89.9 cm³/mol. The molecule has 1 aromatic rings. The van der Waals surface area contributed by atoms with Crippen molar-refractivity contribution in [3.63, 3.8) is 0 Å². The number of carbonyl (C=O) groups is 4. The molecule has 2 aliphatic heterocycles. The van der Waals surface area contributed by atoms with Gasteiger partial charge in [-0.1, -0.05) is 6.07 Å². The van der Waals surface area contributed by atoms with Gasteiger partial charge in [0.1, 0.15) is 12.1 Å². The third kappa shape index (κ3) is 3.14. The van der Waals surface area contributed by atoms with Crippen LogP contribution in [0.25, 0.3) is 0 Å². The van der Waals surface area contributed by atoms with Crippen LogP contribution in [0.2, 0.25) is 0 Å². The van der Waals surface area contributed by atoms with Crippen molar-refractivity contribution in [1.29, 1.82) is 0 Å². The van der Waals surface area contributed by atoms with Crippen molar-refractivity contribution in [3.05, 3.63) is 23.8 Å². The highest BCUT2D eigenvalue weighted by atomic mass is 16.7. The first kappa shape index (κ1) is 17.1. The van der Waals surface area contributed by atoms with Crippen LogP contribution in [0.1, 0.15) is 25.3 Å². The Kier molecular flexibility index (Phi) is 3.90. The summed E-state index contributed by atoms with van der Waals surface area (Å²) < 4.78 is 10.6. The molecule has 1 saturated carbocycles. The van der Waals surface area contributed by atoms with E-state index in [9.17, 15) is 19.2 Å². The molecular weight excluding hydrogens is 356 g/mol. The number of carbonyl (C=O) groups excluding carboxylic acids is 4. The van der Waals surface area contributed by atoms with Crippen molar-refractivity contribution in [1.82, 2.24) is 20.9 Å². The SMILES string of the molecule is C[C@@]1(c2ccc3c(c2)OCO3)NC(=O)N(CC(=O)NC(=O)NC2CC2)C1=O. The van der Waals surface area contributed by atoms with E-state index >= 15 is 0 Å². The molecule has 1 aliphatic carbocycles. The number of nitrogens with one attached hydrogen (secondary N) is 3. The molecule has 0 unspecified atom stereocenters. The highest BCUT2D eigenvalue weighted by Gasteiger charge is 2.50. The van der Waals surface area contributed by atoms with E-state index in [2.05, 4.69) is 16.0 Å². The fourth-order valence-corrected chi connectivity index (χ4v) is 3.00. The number of fused-ring (bicyclic) bond motifs is 1. The first-order chi connectivity index (χ1) is 12.9. The van der Waals surface area contributed by atoms with Gasteiger partial charge in [0.05, 0.1) is 0 Å². The Morgan fingerprint density at radius 3 is 2.74 bits per heavy atom. The minimum atomic E-state index is -1.35. The molecule has 0 radical (unpaired) electrons. The van der Waals surface area contributed by atoms with Crippen LogP contribution in [0.4, 0.5) is 9.59 Å². The van der Waals surface area contributed by atoms with E-state index in [0.29, 0.717) is 17.1 Å². The lowest BCUT2D eigenvalue weighted by Crippen LogP contribution is -2.47. The van der Waals surface area contributed by atoms with E-state index in [4.69, 9.17) is 9.47 Å². The molecule has 3 aliphatic rings. The third-order valence-corrected chi connectivity index (χ3v) is 4.69. The number of urea groups is 2. The topological polar surface area (TPSA) is 126 Å². The first-order valence-electron chi connectivity index (χ1n) is 8.51. The Balaban J connectivity index is 1.46. The molecule has 1 saturated heterocycles. The van der Waals surface area contributed by atoms with Gasteiger partial charge in [0.25, 0.3) is 5.91 Å². The van der Waals surface area contributed by atoms with Crippen LogP contribution in [0.15, 0.2) is 18.2 Å². The summed E-state index contributed by atoms with van der Waals surface area (Å²) in [7, 11) is 0. The maximum Gasteiger partial charge on any atom is 0.325 e. The third-order valence-electron chi connectivity index (χ3n) is 4.69. The van der Waals surface area contributed by atoms with Gasteiger partial charge in [0.2, 0.25) is 12.7 Å². The molecule has 142 valence electrons. The lowest BCUT2D eigenvalue weighted by Gasteiger charge is -2.22. The molecule has 0 bridgehead atoms. The molecule has 1 aromatic carbocycles. The maximum absolute atomic E-state index is 12.8. The molecule has 6 amide bonds. The second-order valence-corrected chi connectivity index (χ2v) is 6.81. The molecule has 4 rings (SSSR count). The average molecular weight is 374 g/mol. The van der Waals surface area contributed by atoms with E-state index in [1.165, 1.54) is 0 Å². The number of imide groups is 2. The monoisotopic (exact) mass is 374 g/mol.